The van der Waals surface area contributed by atoms with E-state index in [1.165, 1.54) is 11.5 Å². The number of aromatic nitrogens is 2. The van der Waals surface area contributed by atoms with Gasteiger partial charge in [-0.3, -0.25) is 0 Å². The molecule has 1 aromatic heterocycles. The van der Waals surface area contributed by atoms with Gasteiger partial charge in [-0.15, -0.1) is 4.37 Å². The fraction of sp³-hybridized carbons (Fsp3) is 0. The van der Waals surface area contributed by atoms with Crippen molar-refractivity contribution in [3.8, 4) is 16.6 Å². The van der Waals surface area contributed by atoms with Gasteiger partial charge in [0.1, 0.15) is 5.01 Å². The van der Waals surface area contributed by atoms with Crippen LogP contribution in [-0.4, -0.2) is 15.3 Å². The molecule has 0 fully saturated rings. The molecule has 0 aliphatic heterocycles. The van der Waals surface area contributed by atoms with Crippen LogP contribution in [0.4, 0.5) is 0 Å². The molecule has 3 rings (SSSR count). The van der Waals surface area contributed by atoms with Crippen LogP contribution in [0.3, 0.4) is 0 Å². The lowest BCUT2D eigenvalue weighted by Gasteiger charge is -1.98. The van der Waals surface area contributed by atoms with Gasteiger partial charge in [0.2, 0.25) is 0 Å². The Morgan fingerprint density at radius 1 is 0.950 bits per heavy atom. The third kappa shape index (κ3) is 2.73. The lowest BCUT2D eigenvalue weighted by Crippen LogP contribution is -2.08. The number of esters is 1. The summed E-state index contributed by atoms with van der Waals surface area (Å²) < 4.78 is 9.20. The molecule has 0 aliphatic carbocycles. The van der Waals surface area contributed by atoms with E-state index in [1.54, 1.807) is 24.3 Å². The average molecular weight is 282 g/mol. The molecule has 0 unspecified atom stereocenters. The van der Waals surface area contributed by atoms with Gasteiger partial charge in [0.15, 0.2) is 0 Å². The van der Waals surface area contributed by atoms with Gasteiger partial charge in [-0.2, -0.15) is 4.98 Å². The number of nitrogens with zero attached hydrogens (tertiary/aromatic N) is 2. The average Bonchev–Trinajstić information content (AvgIpc) is 2.97. The molecule has 5 heteroatoms. The van der Waals surface area contributed by atoms with E-state index in [1.807, 2.05) is 36.4 Å². The summed E-state index contributed by atoms with van der Waals surface area (Å²) in [7, 11) is 0. The van der Waals surface area contributed by atoms with Crippen LogP contribution in [0.5, 0.6) is 6.01 Å². The van der Waals surface area contributed by atoms with E-state index >= 15 is 0 Å². The van der Waals surface area contributed by atoms with E-state index in [4.69, 9.17) is 4.74 Å². The largest absolute Gasteiger partial charge is 0.386 e. The summed E-state index contributed by atoms with van der Waals surface area (Å²) >= 11 is 1.20. The van der Waals surface area contributed by atoms with Gasteiger partial charge in [0, 0.05) is 5.56 Å². The highest BCUT2D eigenvalue weighted by atomic mass is 32.1. The van der Waals surface area contributed by atoms with E-state index in [2.05, 4.69) is 9.36 Å². The molecule has 0 saturated carbocycles. The first-order valence-corrected chi connectivity index (χ1v) is 6.76. The van der Waals surface area contributed by atoms with E-state index in [0.717, 1.165) is 10.6 Å². The molecule has 20 heavy (non-hydrogen) atoms. The van der Waals surface area contributed by atoms with Gasteiger partial charge >= 0.3 is 12.0 Å². The predicted molar refractivity (Wildman–Crippen MR) is 76.7 cm³/mol. The number of carbonyl (C=O) groups excluding carboxylic acids is 1. The van der Waals surface area contributed by atoms with Crippen LogP contribution >= 0.6 is 11.5 Å². The first-order valence-electron chi connectivity index (χ1n) is 5.99. The van der Waals surface area contributed by atoms with Crippen molar-refractivity contribution in [3.63, 3.8) is 0 Å². The van der Waals surface area contributed by atoms with Crippen molar-refractivity contribution in [1.82, 2.24) is 9.36 Å². The Morgan fingerprint density at radius 3 is 2.30 bits per heavy atom. The van der Waals surface area contributed by atoms with Crippen molar-refractivity contribution in [2.75, 3.05) is 0 Å². The number of hydrogen-bond acceptors (Lipinski definition) is 5. The Labute approximate surface area is 119 Å². The topological polar surface area (TPSA) is 52.1 Å². The number of hydrogen-bond donors (Lipinski definition) is 0. The van der Waals surface area contributed by atoms with Crippen molar-refractivity contribution in [3.05, 3.63) is 66.2 Å². The zero-order chi connectivity index (χ0) is 13.8. The lowest BCUT2D eigenvalue weighted by molar-refractivity contribution is 0.0722. The van der Waals surface area contributed by atoms with E-state index in [-0.39, 0.29) is 6.01 Å². The first kappa shape index (κ1) is 12.5. The fourth-order valence-corrected chi connectivity index (χ4v) is 2.27. The van der Waals surface area contributed by atoms with Gasteiger partial charge in [0.05, 0.1) is 5.56 Å². The minimum absolute atomic E-state index is 0.0858. The van der Waals surface area contributed by atoms with Gasteiger partial charge in [-0.1, -0.05) is 48.5 Å². The van der Waals surface area contributed by atoms with Crippen molar-refractivity contribution in [1.29, 1.82) is 0 Å². The molecule has 3 aromatic rings. The van der Waals surface area contributed by atoms with Crippen LogP contribution in [0.15, 0.2) is 60.7 Å². The van der Waals surface area contributed by atoms with Crippen LogP contribution in [0, 0.1) is 0 Å². The zero-order valence-corrected chi connectivity index (χ0v) is 11.2. The predicted octanol–water partition coefficient (Wildman–Crippen LogP) is 3.42. The summed E-state index contributed by atoms with van der Waals surface area (Å²) in [5, 5.41) is 0.724. The lowest BCUT2D eigenvalue weighted by atomic mass is 10.2. The number of ether oxygens (including phenoxy) is 1. The third-order valence-electron chi connectivity index (χ3n) is 2.62. The summed E-state index contributed by atoms with van der Waals surface area (Å²) in [4.78, 5) is 16.1. The van der Waals surface area contributed by atoms with Crippen LogP contribution in [0.2, 0.25) is 0 Å². The summed E-state index contributed by atoms with van der Waals surface area (Å²) in [6.07, 6.45) is 0. The fourth-order valence-electron chi connectivity index (χ4n) is 1.67. The Bertz CT molecular complexity index is 711. The summed E-state index contributed by atoms with van der Waals surface area (Å²) in [5.41, 5.74) is 1.43. The molecule has 0 spiro atoms. The summed E-state index contributed by atoms with van der Waals surface area (Å²) in [5.74, 6) is -0.456. The molecular formula is C15H10N2O2S. The monoisotopic (exact) mass is 282 g/mol. The first-order chi connectivity index (χ1) is 9.83. The van der Waals surface area contributed by atoms with Crippen molar-refractivity contribution < 1.29 is 9.53 Å². The maximum atomic E-state index is 11.9. The van der Waals surface area contributed by atoms with Crippen molar-refractivity contribution in [2.45, 2.75) is 0 Å². The second kappa shape index (κ2) is 5.63. The van der Waals surface area contributed by atoms with Gasteiger partial charge in [-0.05, 0) is 23.7 Å². The molecule has 1 heterocycles. The van der Waals surface area contributed by atoms with Crippen molar-refractivity contribution >= 4 is 17.5 Å². The smallest absolute Gasteiger partial charge is 0.345 e. The Hall–Kier alpha value is -2.53. The standard InChI is InChI=1S/C15H10N2O2S/c18-14(12-9-5-2-6-10-12)19-15-16-13(20-17-15)11-7-3-1-4-8-11/h1-10H. The van der Waals surface area contributed by atoms with Crippen LogP contribution < -0.4 is 4.74 Å². The quantitative estimate of drug-likeness (QED) is 0.691. The van der Waals surface area contributed by atoms with E-state index in [0.29, 0.717) is 5.56 Å². The molecule has 0 saturated heterocycles. The highest BCUT2D eigenvalue weighted by Gasteiger charge is 2.12. The maximum absolute atomic E-state index is 11.9. The molecule has 0 radical (unpaired) electrons. The molecule has 0 bridgehead atoms. The second-order valence-corrected chi connectivity index (χ2v) is 4.76. The molecule has 98 valence electrons. The van der Waals surface area contributed by atoms with E-state index in [9.17, 15) is 4.79 Å². The summed E-state index contributed by atoms with van der Waals surface area (Å²) in [6, 6.07) is 18.5. The van der Waals surface area contributed by atoms with Crippen LogP contribution in [0.1, 0.15) is 10.4 Å². The molecule has 0 atom stereocenters. The minimum atomic E-state index is -0.456. The second-order valence-electron chi connectivity index (χ2n) is 4.00. The highest BCUT2D eigenvalue weighted by Crippen LogP contribution is 2.23. The Kier molecular flexibility index (Phi) is 3.52. The number of benzene rings is 2. The van der Waals surface area contributed by atoms with Gasteiger partial charge in [0.25, 0.3) is 0 Å². The third-order valence-corrected chi connectivity index (χ3v) is 3.37. The van der Waals surface area contributed by atoms with Crippen molar-refractivity contribution in [2.24, 2.45) is 0 Å². The normalized spacial score (nSPS) is 10.2. The van der Waals surface area contributed by atoms with Crippen LogP contribution in [-0.2, 0) is 0 Å². The van der Waals surface area contributed by atoms with Gasteiger partial charge in [-0.25, -0.2) is 4.79 Å². The molecule has 2 aromatic carbocycles. The molecule has 0 amide bonds. The Balaban J connectivity index is 1.77. The van der Waals surface area contributed by atoms with Crippen LogP contribution in [0.25, 0.3) is 10.6 Å². The van der Waals surface area contributed by atoms with Gasteiger partial charge < -0.3 is 4.74 Å². The molecule has 4 nitrogen and oxygen atoms in total. The molecule has 0 aliphatic rings. The SMILES string of the molecule is O=C(Oc1nsc(-c2ccccc2)n1)c1ccccc1. The Morgan fingerprint density at radius 2 is 1.60 bits per heavy atom. The number of carbonyl (C=O) groups is 1. The zero-order valence-electron chi connectivity index (χ0n) is 10.4. The molecular weight excluding hydrogens is 272 g/mol. The summed E-state index contributed by atoms with van der Waals surface area (Å²) in [6.45, 7) is 0. The number of rotatable bonds is 3. The highest BCUT2D eigenvalue weighted by molar-refractivity contribution is 7.09. The minimum Gasteiger partial charge on any atom is -0.386 e. The maximum Gasteiger partial charge on any atom is 0.345 e. The molecule has 0 N–H and O–H groups in total. The van der Waals surface area contributed by atoms with E-state index < -0.39 is 5.97 Å².